The van der Waals surface area contributed by atoms with Crippen molar-refractivity contribution >= 4 is 18.0 Å². The second-order valence-corrected chi connectivity index (χ2v) is 4.20. The summed E-state index contributed by atoms with van der Waals surface area (Å²) in [6.07, 6.45) is 3.08. The van der Waals surface area contributed by atoms with E-state index < -0.39 is 5.97 Å². The summed E-state index contributed by atoms with van der Waals surface area (Å²) in [6, 6.07) is 9.25. The fraction of sp³-hybridized carbons (Fsp3) is 0.286. The molecule has 4 heteroatoms. The number of carbonyl (C=O) groups excluding carboxylic acids is 1. The third-order valence-corrected chi connectivity index (χ3v) is 2.43. The summed E-state index contributed by atoms with van der Waals surface area (Å²) in [4.78, 5) is 23.9. The van der Waals surface area contributed by atoms with Crippen LogP contribution in [0.2, 0.25) is 0 Å². The zero-order valence-electron chi connectivity index (χ0n) is 10.5. The van der Waals surface area contributed by atoms with E-state index in [9.17, 15) is 9.59 Å². The number of carbonyl (C=O) groups is 2. The van der Waals surface area contributed by atoms with Crippen LogP contribution in [-0.2, 0) is 9.59 Å². The van der Waals surface area contributed by atoms with Crippen molar-refractivity contribution in [2.75, 3.05) is 6.54 Å². The molecule has 1 N–H and O–H groups in total. The summed E-state index contributed by atoms with van der Waals surface area (Å²) in [7, 11) is 0. The molecule has 18 heavy (non-hydrogen) atoms. The minimum absolute atomic E-state index is 0.144. The lowest BCUT2D eigenvalue weighted by Gasteiger charge is -2.23. The van der Waals surface area contributed by atoms with Gasteiger partial charge in [-0.1, -0.05) is 30.3 Å². The van der Waals surface area contributed by atoms with Gasteiger partial charge in [0, 0.05) is 12.1 Å². The summed E-state index contributed by atoms with van der Waals surface area (Å²) in [5.74, 6) is -1.30. The molecular weight excluding hydrogens is 230 g/mol. The Morgan fingerprint density at radius 3 is 2.39 bits per heavy atom. The van der Waals surface area contributed by atoms with Gasteiger partial charge in [0.2, 0.25) is 5.91 Å². The average Bonchev–Trinajstić information content (AvgIpc) is 2.34. The molecule has 1 aromatic carbocycles. The number of carboxylic acid groups (broad SMARTS) is 1. The van der Waals surface area contributed by atoms with Gasteiger partial charge in [-0.25, -0.2) is 0 Å². The van der Waals surface area contributed by atoms with Gasteiger partial charge in [-0.3, -0.25) is 9.59 Å². The molecule has 0 unspecified atom stereocenters. The van der Waals surface area contributed by atoms with Gasteiger partial charge in [0.1, 0.15) is 6.54 Å². The molecule has 0 spiro atoms. The fourth-order valence-corrected chi connectivity index (χ4v) is 1.49. The second-order valence-electron chi connectivity index (χ2n) is 4.20. The van der Waals surface area contributed by atoms with Gasteiger partial charge in [-0.05, 0) is 25.5 Å². The Hall–Kier alpha value is -2.10. The Bertz CT molecular complexity index is 438. The SMILES string of the molecule is CC(C)N(CC(=O)O)C(=O)/C=C/c1ccccc1. The van der Waals surface area contributed by atoms with Crippen molar-refractivity contribution in [1.29, 1.82) is 0 Å². The Kier molecular flexibility index (Phi) is 5.11. The quantitative estimate of drug-likeness (QED) is 0.810. The predicted molar refractivity (Wildman–Crippen MR) is 70.0 cm³/mol. The monoisotopic (exact) mass is 247 g/mol. The average molecular weight is 247 g/mol. The lowest BCUT2D eigenvalue weighted by Crippen LogP contribution is -2.39. The normalized spacial score (nSPS) is 10.8. The first-order valence-corrected chi connectivity index (χ1v) is 5.76. The van der Waals surface area contributed by atoms with Crippen molar-refractivity contribution in [3.8, 4) is 0 Å². The van der Waals surface area contributed by atoms with Crippen LogP contribution in [0.4, 0.5) is 0 Å². The van der Waals surface area contributed by atoms with Gasteiger partial charge in [-0.15, -0.1) is 0 Å². The molecule has 0 radical (unpaired) electrons. The second kappa shape index (κ2) is 6.59. The Morgan fingerprint density at radius 2 is 1.89 bits per heavy atom. The molecule has 0 aliphatic carbocycles. The topological polar surface area (TPSA) is 57.6 Å². The van der Waals surface area contributed by atoms with E-state index in [1.807, 2.05) is 30.3 Å². The van der Waals surface area contributed by atoms with E-state index in [0.717, 1.165) is 5.56 Å². The van der Waals surface area contributed by atoms with Crippen LogP contribution >= 0.6 is 0 Å². The highest BCUT2D eigenvalue weighted by atomic mass is 16.4. The molecular formula is C14H17NO3. The van der Waals surface area contributed by atoms with Crippen molar-refractivity contribution in [2.45, 2.75) is 19.9 Å². The molecule has 1 rings (SSSR count). The van der Waals surface area contributed by atoms with E-state index in [-0.39, 0.29) is 18.5 Å². The largest absolute Gasteiger partial charge is 0.480 e. The van der Waals surface area contributed by atoms with Crippen LogP contribution in [0.15, 0.2) is 36.4 Å². The highest BCUT2D eigenvalue weighted by molar-refractivity contribution is 5.93. The number of carboxylic acids is 1. The molecule has 96 valence electrons. The molecule has 0 saturated heterocycles. The summed E-state index contributed by atoms with van der Waals surface area (Å²) < 4.78 is 0. The number of hydrogen-bond donors (Lipinski definition) is 1. The maximum absolute atomic E-state index is 11.9. The van der Waals surface area contributed by atoms with Crippen LogP contribution in [0.5, 0.6) is 0 Å². The van der Waals surface area contributed by atoms with Crippen LogP contribution in [0.3, 0.4) is 0 Å². The highest BCUT2D eigenvalue weighted by Crippen LogP contribution is 2.04. The van der Waals surface area contributed by atoms with Gasteiger partial charge in [0.05, 0.1) is 0 Å². The number of nitrogens with zero attached hydrogens (tertiary/aromatic N) is 1. The predicted octanol–water partition coefficient (Wildman–Crippen LogP) is 2.02. The van der Waals surface area contributed by atoms with Crippen molar-refractivity contribution in [2.24, 2.45) is 0 Å². The van der Waals surface area contributed by atoms with Crippen molar-refractivity contribution in [1.82, 2.24) is 4.90 Å². The molecule has 1 amide bonds. The number of benzene rings is 1. The van der Waals surface area contributed by atoms with E-state index in [1.54, 1.807) is 19.9 Å². The molecule has 0 atom stereocenters. The van der Waals surface area contributed by atoms with E-state index in [4.69, 9.17) is 5.11 Å². The first-order chi connectivity index (χ1) is 8.50. The highest BCUT2D eigenvalue weighted by Gasteiger charge is 2.17. The lowest BCUT2D eigenvalue weighted by molar-refractivity contribution is -0.143. The van der Waals surface area contributed by atoms with Crippen LogP contribution in [-0.4, -0.2) is 34.5 Å². The number of hydrogen-bond acceptors (Lipinski definition) is 2. The minimum atomic E-state index is -1.01. The van der Waals surface area contributed by atoms with Crippen LogP contribution in [0, 0.1) is 0 Å². The minimum Gasteiger partial charge on any atom is -0.480 e. The smallest absolute Gasteiger partial charge is 0.323 e. The summed E-state index contributed by atoms with van der Waals surface area (Å²) in [5.41, 5.74) is 0.907. The van der Waals surface area contributed by atoms with Gasteiger partial charge < -0.3 is 10.0 Å². The van der Waals surface area contributed by atoms with Crippen LogP contribution < -0.4 is 0 Å². The molecule has 4 nitrogen and oxygen atoms in total. The van der Waals surface area contributed by atoms with Crippen molar-refractivity contribution in [3.05, 3.63) is 42.0 Å². The molecule has 0 aliphatic rings. The first kappa shape index (κ1) is 14.0. The third-order valence-electron chi connectivity index (χ3n) is 2.43. The number of aliphatic carboxylic acids is 1. The molecule has 0 fully saturated rings. The van der Waals surface area contributed by atoms with Crippen LogP contribution in [0.1, 0.15) is 19.4 Å². The summed E-state index contributed by atoms with van der Waals surface area (Å²) in [5, 5.41) is 8.75. The molecule has 1 aromatic rings. The van der Waals surface area contributed by atoms with E-state index in [2.05, 4.69) is 0 Å². The Balaban J connectivity index is 2.73. The number of amides is 1. The van der Waals surface area contributed by atoms with Crippen molar-refractivity contribution < 1.29 is 14.7 Å². The van der Waals surface area contributed by atoms with E-state index in [1.165, 1.54) is 11.0 Å². The van der Waals surface area contributed by atoms with Crippen LogP contribution in [0.25, 0.3) is 6.08 Å². The van der Waals surface area contributed by atoms with Gasteiger partial charge >= 0.3 is 5.97 Å². The Labute approximate surface area is 107 Å². The van der Waals surface area contributed by atoms with Gasteiger partial charge in [0.25, 0.3) is 0 Å². The molecule has 0 bridgehead atoms. The standard InChI is InChI=1S/C14H17NO3/c1-11(2)15(10-14(17)18)13(16)9-8-12-6-4-3-5-7-12/h3-9,11H,10H2,1-2H3,(H,17,18)/b9-8+. The fourth-order valence-electron chi connectivity index (χ4n) is 1.49. The van der Waals surface area contributed by atoms with E-state index >= 15 is 0 Å². The third kappa shape index (κ3) is 4.41. The zero-order valence-corrected chi connectivity index (χ0v) is 10.5. The molecule has 0 aromatic heterocycles. The molecule has 0 aliphatic heterocycles. The summed E-state index contributed by atoms with van der Waals surface area (Å²) in [6.45, 7) is 3.30. The van der Waals surface area contributed by atoms with E-state index in [0.29, 0.717) is 0 Å². The van der Waals surface area contributed by atoms with Gasteiger partial charge in [-0.2, -0.15) is 0 Å². The molecule has 0 heterocycles. The lowest BCUT2D eigenvalue weighted by atomic mass is 10.2. The van der Waals surface area contributed by atoms with Crippen molar-refractivity contribution in [3.63, 3.8) is 0 Å². The summed E-state index contributed by atoms with van der Waals surface area (Å²) >= 11 is 0. The number of rotatable bonds is 5. The zero-order chi connectivity index (χ0) is 13.5. The van der Waals surface area contributed by atoms with Gasteiger partial charge in [0.15, 0.2) is 0 Å². The maximum atomic E-state index is 11.9. The maximum Gasteiger partial charge on any atom is 0.323 e. The first-order valence-electron chi connectivity index (χ1n) is 5.76. The Morgan fingerprint density at radius 1 is 1.28 bits per heavy atom. The molecule has 0 saturated carbocycles.